The molecule has 108 valence electrons. The van der Waals surface area contributed by atoms with Crippen LogP contribution in [0.2, 0.25) is 0 Å². The maximum absolute atomic E-state index is 13.6. The highest BCUT2D eigenvalue weighted by molar-refractivity contribution is 5.55. The van der Waals surface area contributed by atoms with E-state index < -0.39 is 11.9 Å². The summed E-state index contributed by atoms with van der Waals surface area (Å²) < 4.78 is 13.6. The summed E-state index contributed by atoms with van der Waals surface area (Å²) in [6, 6.07) is 8.07. The van der Waals surface area contributed by atoms with E-state index in [1.54, 1.807) is 26.0 Å². The first-order chi connectivity index (χ1) is 10.0. The molecule has 0 bridgehead atoms. The van der Waals surface area contributed by atoms with Crippen LogP contribution in [0.25, 0.3) is 0 Å². The maximum Gasteiger partial charge on any atom is 0.167 e. The Hall–Kier alpha value is -2.52. The fourth-order valence-corrected chi connectivity index (χ4v) is 1.92. The number of aryl methyl sites for hydroxylation is 1. The quantitative estimate of drug-likeness (QED) is 0.901. The zero-order chi connectivity index (χ0) is 15.4. The zero-order valence-electron chi connectivity index (χ0n) is 11.8. The second-order valence-corrected chi connectivity index (χ2v) is 4.66. The maximum atomic E-state index is 13.6. The van der Waals surface area contributed by atoms with E-state index in [9.17, 15) is 9.50 Å². The molecule has 1 unspecified atom stereocenters. The largest absolute Gasteiger partial charge is 0.386 e. The van der Waals surface area contributed by atoms with Crippen molar-refractivity contribution in [3.05, 3.63) is 52.5 Å². The minimum Gasteiger partial charge on any atom is -0.386 e. The summed E-state index contributed by atoms with van der Waals surface area (Å²) in [5.74, 6) is -0.186. The number of hydrogen-bond acceptors (Lipinski definition) is 5. The smallest absolute Gasteiger partial charge is 0.167 e. The molecule has 0 fully saturated rings. The molecule has 6 heteroatoms. The Labute approximate surface area is 122 Å². The second kappa shape index (κ2) is 6.29. The van der Waals surface area contributed by atoms with E-state index in [1.807, 2.05) is 0 Å². The monoisotopic (exact) mass is 286 g/mol. The van der Waals surface area contributed by atoms with Crippen molar-refractivity contribution in [1.29, 1.82) is 5.26 Å². The molecule has 1 aromatic carbocycles. The van der Waals surface area contributed by atoms with Gasteiger partial charge in [-0.3, -0.25) is 0 Å². The lowest BCUT2D eigenvalue weighted by molar-refractivity contribution is 0.186. The first kappa shape index (κ1) is 14.9. The molecule has 0 aliphatic heterocycles. The summed E-state index contributed by atoms with van der Waals surface area (Å²) in [4.78, 5) is 0. The fourth-order valence-electron chi connectivity index (χ4n) is 1.92. The molecule has 0 saturated carbocycles. The lowest BCUT2D eigenvalue weighted by Gasteiger charge is -2.14. The Balaban J connectivity index is 2.16. The van der Waals surface area contributed by atoms with Gasteiger partial charge in [-0.05, 0) is 25.5 Å². The molecule has 1 atom stereocenters. The van der Waals surface area contributed by atoms with Gasteiger partial charge in [0.25, 0.3) is 0 Å². The van der Waals surface area contributed by atoms with Gasteiger partial charge in [-0.2, -0.15) is 10.4 Å². The molecule has 5 nitrogen and oxygen atoms in total. The molecule has 21 heavy (non-hydrogen) atoms. The van der Waals surface area contributed by atoms with Crippen LogP contribution < -0.4 is 5.32 Å². The van der Waals surface area contributed by atoms with Crippen LogP contribution in [0.15, 0.2) is 24.3 Å². The van der Waals surface area contributed by atoms with Crippen LogP contribution in [-0.2, 0) is 0 Å². The van der Waals surface area contributed by atoms with Crippen LogP contribution in [0.3, 0.4) is 0 Å². The molecule has 2 rings (SSSR count). The first-order valence-electron chi connectivity index (χ1n) is 6.45. The van der Waals surface area contributed by atoms with Crippen LogP contribution in [-0.4, -0.2) is 21.8 Å². The number of hydrogen-bond donors (Lipinski definition) is 2. The number of aliphatic hydroxyl groups is 1. The highest BCUT2D eigenvalue weighted by atomic mass is 19.1. The molecule has 0 aliphatic carbocycles. The average molecular weight is 286 g/mol. The van der Waals surface area contributed by atoms with Gasteiger partial charge in [-0.1, -0.05) is 18.2 Å². The number of anilines is 1. The molecule has 0 amide bonds. The van der Waals surface area contributed by atoms with Gasteiger partial charge in [-0.15, -0.1) is 5.10 Å². The lowest BCUT2D eigenvalue weighted by atomic mass is 10.1. The first-order valence-corrected chi connectivity index (χ1v) is 6.45. The third-order valence-corrected chi connectivity index (χ3v) is 3.29. The molecule has 1 aromatic heterocycles. The molecular formula is C15H15FN4O. The van der Waals surface area contributed by atoms with Crippen LogP contribution in [0.5, 0.6) is 0 Å². The predicted molar refractivity (Wildman–Crippen MR) is 76.1 cm³/mol. The van der Waals surface area contributed by atoms with Crippen LogP contribution in [0.4, 0.5) is 10.2 Å². The van der Waals surface area contributed by atoms with E-state index in [0.29, 0.717) is 11.3 Å². The topological polar surface area (TPSA) is 81.8 Å². The van der Waals surface area contributed by atoms with Crippen molar-refractivity contribution in [1.82, 2.24) is 10.2 Å². The van der Waals surface area contributed by atoms with E-state index >= 15 is 0 Å². The van der Waals surface area contributed by atoms with E-state index in [2.05, 4.69) is 21.6 Å². The van der Waals surface area contributed by atoms with Crippen molar-refractivity contribution in [2.75, 3.05) is 11.9 Å². The Morgan fingerprint density at radius 2 is 2.05 bits per heavy atom. The molecule has 2 aromatic rings. The number of nitriles is 1. The van der Waals surface area contributed by atoms with Gasteiger partial charge in [0.1, 0.15) is 17.4 Å². The summed E-state index contributed by atoms with van der Waals surface area (Å²) in [5, 5.41) is 29.9. The summed E-state index contributed by atoms with van der Waals surface area (Å²) in [5.41, 5.74) is 1.98. The Kier molecular flexibility index (Phi) is 4.45. The zero-order valence-corrected chi connectivity index (χ0v) is 11.8. The molecule has 0 radical (unpaired) electrons. The summed E-state index contributed by atoms with van der Waals surface area (Å²) >= 11 is 0. The molecule has 0 spiro atoms. The molecule has 2 N–H and O–H groups in total. The average Bonchev–Trinajstić information content (AvgIpc) is 2.48. The second-order valence-electron chi connectivity index (χ2n) is 4.66. The number of halogens is 1. The third-order valence-electron chi connectivity index (χ3n) is 3.29. The van der Waals surface area contributed by atoms with Crippen molar-refractivity contribution in [3.63, 3.8) is 0 Å². The van der Waals surface area contributed by atoms with Crippen molar-refractivity contribution < 1.29 is 9.50 Å². The summed E-state index contributed by atoms with van der Waals surface area (Å²) in [6.07, 6.45) is -1.04. The van der Waals surface area contributed by atoms with Gasteiger partial charge >= 0.3 is 0 Å². The van der Waals surface area contributed by atoms with Crippen LogP contribution in [0.1, 0.15) is 28.5 Å². The van der Waals surface area contributed by atoms with Gasteiger partial charge in [-0.25, -0.2) is 4.39 Å². The number of aliphatic hydroxyl groups excluding tert-OH is 1. The molecule has 0 aliphatic rings. The van der Waals surface area contributed by atoms with Gasteiger partial charge in [0.2, 0.25) is 0 Å². The highest BCUT2D eigenvalue weighted by Crippen LogP contribution is 2.20. The lowest BCUT2D eigenvalue weighted by Crippen LogP contribution is -2.16. The number of benzene rings is 1. The highest BCUT2D eigenvalue weighted by Gasteiger charge is 2.15. The number of rotatable bonds is 4. The van der Waals surface area contributed by atoms with Gasteiger partial charge in [0.15, 0.2) is 5.82 Å². The summed E-state index contributed by atoms with van der Waals surface area (Å²) in [7, 11) is 0. The number of nitrogens with one attached hydrogen (secondary N) is 1. The van der Waals surface area contributed by atoms with Crippen LogP contribution in [0, 0.1) is 31.0 Å². The van der Waals surface area contributed by atoms with Gasteiger partial charge in [0, 0.05) is 12.1 Å². The van der Waals surface area contributed by atoms with Gasteiger partial charge < -0.3 is 10.4 Å². The predicted octanol–water partition coefficient (Wildman–Crippen LogP) is 2.25. The van der Waals surface area contributed by atoms with E-state index in [4.69, 9.17) is 5.26 Å². The standard InChI is InChI=1S/C15H15FN4O/c1-9-10(2)19-20-15(12(9)7-17)18-8-14(21)11-5-3-4-6-13(11)16/h3-6,14,21H,8H2,1-2H3,(H,18,20). The number of nitrogens with zero attached hydrogens (tertiary/aromatic N) is 3. The minimum absolute atomic E-state index is 0.0345. The summed E-state index contributed by atoms with van der Waals surface area (Å²) in [6.45, 7) is 3.58. The Morgan fingerprint density at radius 3 is 2.71 bits per heavy atom. The normalized spacial score (nSPS) is 11.8. The Bertz CT molecular complexity index is 697. The van der Waals surface area contributed by atoms with Crippen molar-refractivity contribution in [3.8, 4) is 6.07 Å². The minimum atomic E-state index is -1.04. The SMILES string of the molecule is Cc1nnc(NCC(O)c2ccccc2F)c(C#N)c1C. The van der Waals surface area contributed by atoms with E-state index in [0.717, 1.165) is 5.56 Å². The van der Waals surface area contributed by atoms with Crippen molar-refractivity contribution in [2.45, 2.75) is 20.0 Å². The van der Waals surface area contributed by atoms with E-state index in [-0.39, 0.29) is 17.9 Å². The van der Waals surface area contributed by atoms with Crippen molar-refractivity contribution >= 4 is 5.82 Å². The molecular weight excluding hydrogens is 271 g/mol. The molecule has 0 saturated heterocycles. The van der Waals surface area contributed by atoms with Gasteiger partial charge in [0.05, 0.1) is 11.8 Å². The Morgan fingerprint density at radius 1 is 1.33 bits per heavy atom. The van der Waals surface area contributed by atoms with E-state index in [1.165, 1.54) is 12.1 Å². The van der Waals surface area contributed by atoms with Crippen molar-refractivity contribution in [2.24, 2.45) is 0 Å². The molecule has 1 heterocycles. The number of aromatic nitrogens is 2. The fraction of sp³-hybridized carbons (Fsp3) is 0.267. The third kappa shape index (κ3) is 3.15. The van der Waals surface area contributed by atoms with Crippen LogP contribution >= 0.6 is 0 Å².